The molecule has 28 heavy (non-hydrogen) atoms. The topological polar surface area (TPSA) is 82.4 Å². The quantitative estimate of drug-likeness (QED) is 0.803. The Bertz CT molecular complexity index is 846. The molecule has 0 spiro atoms. The molecule has 2 aromatic rings. The Balaban J connectivity index is 1.48. The minimum Gasteiger partial charge on any atom is -0.452 e. The maximum absolute atomic E-state index is 12.0. The van der Waals surface area contributed by atoms with Crippen LogP contribution < -0.4 is 10.2 Å². The number of carbonyl (C=O) groups excluding carboxylic acids is 2. The first-order valence-electron chi connectivity index (χ1n) is 9.48. The smallest absolute Gasteiger partial charge is 0.338 e. The van der Waals surface area contributed by atoms with Crippen LogP contribution in [0, 0.1) is 11.3 Å². The molecule has 1 N–H and O–H groups in total. The number of esters is 1. The second-order valence-corrected chi connectivity index (χ2v) is 6.76. The van der Waals surface area contributed by atoms with E-state index in [-0.39, 0.29) is 6.61 Å². The van der Waals surface area contributed by atoms with Crippen LogP contribution in [0.1, 0.15) is 41.6 Å². The van der Waals surface area contributed by atoms with Crippen molar-refractivity contribution in [1.29, 1.82) is 5.26 Å². The molecule has 1 saturated heterocycles. The molecule has 1 fully saturated rings. The summed E-state index contributed by atoms with van der Waals surface area (Å²) in [5.41, 5.74) is 2.58. The van der Waals surface area contributed by atoms with Crippen molar-refractivity contribution in [3.63, 3.8) is 0 Å². The molecule has 6 nitrogen and oxygen atoms in total. The molecule has 0 unspecified atom stereocenters. The molecule has 0 aliphatic carbocycles. The summed E-state index contributed by atoms with van der Waals surface area (Å²) in [5, 5.41) is 11.5. The summed E-state index contributed by atoms with van der Waals surface area (Å²) in [7, 11) is 0. The molecule has 0 atom stereocenters. The zero-order valence-corrected chi connectivity index (χ0v) is 15.7. The molecule has 1 aliphatic heterocycles. The number of anilines is 2. The van der Waals surface area contributed by atoms with E-state index in [0.717, 1.165) is 18.8 Å². The van der Waals surface area contributed by atoms with Crippen molar-refractivity contribution < 1.29 is 14.3 Å². The van der Waals surface area contributed by atoms with E-state index in [2.05, 4.69) is 10.2 Å². The van der Waals surface area contributed by atoms with Crippen LogP contribution in [0.5, 0.6) is 0 Å². The summed E-state index contributed by atoms with van der Waals surface area (Å²) in [4.78, 5) is 26.4. The summed E-state index contributed by atoms with van der Waals surface area (Å²) in [6.07, 6.45) is 4.99. The highest BCUT2D eigenvalue weighted by Crippen LogP contribution is 2.21. The maximum atomic E-state index is 12.0. The molecule has 0 saturated carbocycles. The summed E-state index contributed by atoms with van der Waals surface area (Å²) < 4.78 is 5.03. The molecule has 0 radical (unpaired) electrons. The Kier molecular flexibility index (Phi) is 6.64. The third-order valence-corrected chi connectivity index (χ3v) is 4.71. The molecular formula is C22H23N3O3. The molecule has 3 rings (SSSR count). The average Bonchev–Trinajstić information content (AvgIpc) is 3.02. The van der Waals surface area contributed by atoms with Gasteiger partial charge in [-0.15, -0.1) is 0 Å². The van der Waals surface area contributed by atoms with Crippen molar-refractivity contribution in [1.82, 2.24) is 0 Å². The Labute approximate surface area is 164 Å². The van der Waals surface area contributed by atoms with Gasteiger partial charge in [0, 0.05) is 24.5 Å². The fourth-order valence-corrected chi connectivity index (χ4v) is 3.18. The highest BCUT2D eigenvalue weighted by atomic mass is 16.5. The van der Waals surface area contributed by atoms with Crippen LogP contribution in [0.4, 0.5) is 11.4 Å². The van der Waals surface area contributed by atoms with Crippen LogP contribution >= 0.6 is 0 Å². The largest absolute Gasteiger partial charge is 0.452 e. The highest BCUT2D eigenvalue weighted by molar-refractivity contribution is 5.95. The van der Waals surface area contributed by atoms with Crippen LogP contribution in [0.15, 0.2) is 48.5 Å². The van der Waals surface area contributed by atoms with E-state index in [4.69, 9.17) is 10.00 Å². The van der Waals surface area contributed by atoms with Crippen LogP contribution in [-0.4, -0.2) is 31.6 Å². The van der Waals surface area contributed by atoms with E-state index >= 15 is 0 Å². The second kappa shape index (κ2) is 9.56. The van der Waals surface area contributed by atoms with E-state index in [9.17, 15) is 9.59 Å². The normalized spacial score (nSPS) is 13.9. The lowest BCUT2D eigenvalue weighted by Crippen LogP contribution is -2.24. The molecular weight excluding hydrogens is 354 g/mol. The van der Waals surface area contributed by atoms with Gasteiger partial charge in [0.2, 0.25) is 0 Å². The van der Waals surface area contributed by atoms with Gasteiger partial charge in [0.1, 0.15) is 0 Å². The number of hydrogen-bond acceptors (Lipinski definition) is 5. The summed E-state index contributed by atoms with van der Waals surface area (Å²) in [5.74, 6) is -0.999. The lowest BCUT2D eigenvalue weighted by Gasteiger charge is -2.22. The maximum Gasteiger partial charge on any atom is 0.338 e. The van der Waals surface area contributed by atoms with Gasteiger partial charge in [0.15, 0.2) is 6.61 Å². The number of amides is 1. The minimum absolute atomic E-state index is 0.300. The Hall–Kier alpha value is -3.33. The number of hydrogen-bond donors (Lipinski definition) is 1. The Morgan fingerprint density at radius 1 is 0.964 bits per heavy atom. The fraction of sp³-hybridized carbons (Fsp3) is 0.318. The summed E-state index contributed by atoms with van der Waals surface area (Å²) in [6.45, 7) is 1.76. The predicted molar refractivity (Wildman–Crippen MR) is 107 cm³/mol. The summed E-state index contributed by atoms with van der Waals surface area (Å²) in [6, 6.07) is 15.8. The minimum atomic E-state index is -0.601. The van der Waals surface area contributed by atoms with Crippen LogP contribution in [0.2, 0.25) is 0 Å². The molecule has 0 bridgehead atoms. The average molecular weight is 377 g/mol. The molecule has 1 amide bonds. The standard InChI is InChI=1S/C22H23N3O3/c23-15-17-5-7-18(8-6-17)22(27)28-16-21(26)24-19-9-11-20(12-10-19)25-13-3-1-2-4-14-25/h5-12H,1-4,13-14,16H2,(H,24,26). The van der Waals surface area contributed by atoms with Crippen molar-refractivity contribution >= 4 is 23.3 Å². The van der Waals surface area contributed by atoms with E-state index in [1.54, 1.807) is 0 Å². The van der Waals surface area contributed by atoms with Gasteiger partial charge in [-0.05, 0) is 61.4 Å². The van der Waals surface area contributed by atoms with Crippen molar-refractivity contribution in [3.05, 3.63) is 59.7 Å². The third kappa shape index (κ3) is 5.34. The lowest BCUT2D eigenvalue weighted by molar-refractivity contribution is -0.119. The fourth-order valence-electron chi connectivity index (χ4n) is 3.18. The van der Waals surface area contributed by atoms with Crippen molar-refractivity contribution in [2.75, 3.05) is 29.9 Å². The van der Waals surface area contributed by atoms with Gasteiger partial charge in [0.25, 0.3) is 5.91 Å². The molecule has 0 aromatic heterocycles. The summed E-state index contributed by atoms with van der Waals surface area (Å²) >= 11 is 0. The Morgan fingerprint density at radius 2 is 1.61 bits per heavy atom. The molecule has 1 aliphatic rings. The van der Waals surface area contributed by atoms with E-state index < -0.39 is 11.9 Å². The zero-order chi connectivity index (χ0) is 19.8. The highest BCUT2D eigenvalue weighted by Gasteiger charge is 2.12. The van der Waals surface area contributed by atoms with E-state index in [0.29, 0.717) is 16.8 Å². The monoisotopic (exact) mass is 377 g/mol. The van der Waals surface area contributed by atoms with E-state index in [1.165, 1.54) is 49.9 Å². The van der Waals surface area contributed by atoms with Gasteiger partial charge in [-0.25, -0.2) is 4.79 Å². The number of rotatable bonds is 5. The van der Waals surface area contributed by atoms with Gasteiger partial charge < -0.3 is 15.0 Å². The first kappa shape index (κ1) is 19.4. The third-order valence-electron chi connectivity index (χ3n) is 4.71. The van der Waals surface area contributed by atoms with E-state index in [1.807, 2.05) is 30.3 Å². The predicted octanol–water partition coefficient (Wildman–Crippen LogP) is 3.73. The number of carbonyl (C=O) groups is 2. The number of nitrogens with one attached hydrogen (secondary N) is 1. The first-order valence-corrected chi connectivity index (χ1v) is 9.48. The van der Waals surface area contributed by atoms with Crippen LogP contribution in [0.3, 0.4) is 0 Å². The number of nitriles is 1. The SMILES string of the molecule is N#Cc1ccc(C(=O)OCC(=O)Nc2ccc(N3CCCCCC3)cc2)cc1. The first-order chi connectivity index (χ1) is 13.7. The van der Waals surface area contributed by atoms with Gasteiger partial charge in [-0.2, -0.15) is 5.26 Å². The van der Waals surface area contributed by atoms with Crippen LogP contribution in [0.25, 0.3) is 0 Å². The second-order valence-electron chi connectivity index (χ2n) is 6.76. The number of ether oxygens (including phenoxy) is 1. The molecule has 6 heteroatoms. The van der Waals surface area contributed by atoms with Gasteiger partial charge in [-0.1, -0.05) is 12.8 Å². The van der Waals surface area contributed by atoms with Crippen molar-refractivity contribution in [2.24, 2.45) is 0 Å². The molecule has 144 valence electrons. The lowest BCUT2D eigenvalue weighted by atomic mass is 10.1. The molecule has 1 heterocycles. The van der Waals surface area contributed by atoms with Gasteiger partial charge in [0.05, 0.1) is 17.2 Å². The van der Waals surface area contributed by atoms with Crippen molar-refractivity contribution in [3.8, 4) is 6.07 Å². The molecule has 2 aromatic carbocycles. The van der Waals surface area contributed by atoms with Crippen LogP contribution in [-0.2, 0) is 9.53 Å². The van der Waals surface area contributed by atoms with Gasteiger partial charge >= 0.3 is 5.97 Å². The Morgan fingerprint density at radius 3 is 2.21 bits per heavy atom. The van der Waals surface area contributed by atoms with Crippen molar-refractivity contribution in [2.45, 2.75) is 25.7 Å². The van der Waals surface area contributed by atoms with Gasteiger partial charge in [-0.3, -0.25) is 4.79 Å². The zero-order valence-electron chi connectivity index (χ0n) is 15.7. The number of benzene rings is 2. The number of nitrogens with zero attached hydrogens (tertiary/aromatic N) is 2.